The third kappa shape index (κ3) is 6.24. The second kappa shape index (κ2) is 9.58. The Balaban J connectivity index is 0.000000277. The monoisotopic (exact) mass is 319 g/mol. The molecule has 0 bridgehead atoms. The lowest BCUT2D eigenvalue weighted by Crippen LogP contribution is -2.28. The van der Waals surface area contributed by atoms with Gasteiger partial charge in [0.15, 0.2) is 0 Å². The summed E-state index contributed by atoms with van der Waals surface area (Å²) < 4.78 is 17.1. The summed E-state index contributed by atoms with van der Waals surface area (Å²) in [5, 5.41) is 0. The first kappa shape index (κ1) is 17.8. The maximum absolute atomic E-state index is 5.94. The van der Waals surface area contributed by atoms with Gasteiger partial charge in [-0.15, -0.1) is 6.58 Å². The topological polar surface area (TPSA) is 53.7 Å². The maximum Gasteiger partial charge on any atom is 0.114 e. The molecule has 0 amide bonds. The molecule has 2 atom stereocenters. The minimum Gasteiger partial charge on any atom is -0.495 e. The molecule has 0 aromatic heterocycles. The highest BCUT2D eigenvalue weighted by atomic mass is 16.5. The van der Waals surface area contributed by atoms with Crippen LogP contribution in [0.25, 0.3) is 0 Å². The number of hydrogen-bond donors (Lipinski definition) is 1. The molecule has 2 heterocycles. The van der Waals surface area contributed by atoms with Crippen molar-refractivity contribution in [1.82, 2.24) is 0 Å². The molecular weight excluding hydrogens is 290 g/mol. The molecule has 4 heteroatoms. The lowest BCUT2D eigenvalue weighted by molar-refractivity contribution is -0.0259. The molecule has 1 aliphatic carbocycles. The summed E-state index contributed by atoms with van der Waals surface area (Å²) in [6.45, 7) is 10.2. The fourth-order valence-electron chi connectivity index (χ4n) is 2.82. The Hall–Kier alpha value is -1.52. The smallest absolute Gasteiger partial charge is 0.114 e. The van der Waals surface area contributed by atoms with E-state index >= 15 is 0 Å². The van der Waals surface area contributed by atoms with E-state index < -0.39 is 0 Å². The van der Waals surface area contributed by atoms with Crippen LogP contribution in [0.15, 0.2) is 48.4 Å². The van der Waals surface area contributed by atoms with Gasteiger partial charge >= 0.3 is 0 Å². The molecule has 3 aliphatic rings. The second-order valence-corrected chi connectivity index (χ2v) is 6.24. The van der Waals surface area contributed by atoms with Gasteiger partial charge in [-0.05, 0) is 18.4 Å². The zero-order valence-electron chi connectivity index (χ0n) is 14.0. The lowest BCUT2D eigenvalue weighted by Gasteiger charge is -2.29. The van der Waals surface area contributed by atoms with E-state index in [2.05, 4.69) is 25.3 Å². The predicted octanol–water partition coefficient (Wildman–Crippen LogP) is 3.47. The van der Waals surface area contributed by atoms with Crippen molar-refractivity contribution in [3.63, 3.8) is 0 Å². The van der Waals surface area contributed by atoms with Crippen molar-refractivity contribution in [3.8, 4) is 0 Å². The van der Waals surface area contributed by atoms with Crippen LogP contribution in [-0.2, 0) is 14.2 Å². The molecule has 0 radical (unpaired) electrons. The molecule has 0 aromatic rings. The van der Waals surface area contributed by atoms with Gasteiger partial charge in [-0.1, -0.05) is 24.8 Å². The Bertz CT molecular complexity index is 461. The fraction of sp³-hybridized carbons (Fsp3) is 0.579. The Morgan fingerprint density at radius 3 is 2.96 bits per heavy atom. The van der Waals surface area contributed by atoms with Crippen molar-refractivity contribution >= 4 is 0 Å². The normalized spacial score (nSPS) is 25.9. The van der Waals surface area contributed by atoms with Crippen LogP contribution >= 0.6 is 0 Å². The first-order valence-corrected chi connectivity index (χ1v) is 8.44. The van der Waals surface area contributed by atoms with Gasteiger partial charge in [0, 0.05) is 37.5 Å². The molecule has 4 nitrogen and oxygen atoms in total. The first-order valence-electron chi connectivity index (χ1n) is 8.44. The molecule has 23 heavy (non-hydrogen) atoms. The standard InChI is InChI=1S/C14H20O3.C5H9N/c1-2-4-14-12(3-1)7-13(10-17-14)16-9-11-5-6-15-8-11;1-3-4-5(2)6/h1,3,11,13H,2,4-10H2;3H,1-2,4,6H2. The highest BCUT2D eigenvalue weighted by Gasteiger charge is 2.24. The van der Waals surface area contributed by atoms with Gasteiger partial charge in [0.2, 0.25) is 0 Å². The molecule has 0 spiro atoms. The van der Waals surface area contributed by atoms with E-state index in [1.807, 2.05) is 0 Å². The third-order valence-corrected chi connectivity index (χ3v) is 4.10. The molecule has 0 saturated carbocycles. The average molecular weight is 319 g/mol. The Morgan fingerprint density at radius 2 is 2.30 bits per heavy atom. The largest absolute Gasteiger partial charge is 0.495 e. The highest BCUT2D eigenvalue weighted by Crippen LogP contribution is 2.29. The van der Waals surface area contributed by atoms with E-state index in [1.54, 1.807) is 6.08 Å². The molecule has 1 fully saturated rings. The Morgan fingerprint density at radius 1 is 1.43 bits per heavy atom. The summed E-state index contributed by atoms with van der Waals surface area (Å²) >= 11 is 0. The molecule has 2 unspecified atom stereocenters. The minimum atomic E-state index is 0.233. The van der Waals surface area contributed by atoms with Crippen LogP contribution in [0.4, 0.5) is 0 Å². The van der Waals surface area contributed by atoms with E-state index in [1.165, 1.54) is 11.3 Å². The summed E-state index contributed by atoms with van der Waals surface area (Å²) in [6, 6.07) is 0. The van der Waals surface area contributed by atoms with Gasteiger partial charge in [-0.2, -0.15) is 0 Å². The number of hydrogen-bond acceptors (Lipinski definition) is 4. The second-order valence-electron chi connectivity index (χ2n) is 6.24. The minimum absolute atomic E-state index is 0.233. The van der Waals surface area contributed by atoms with E-state index in [9.17, 15) is 0 Å². The molecule has 1 saturated heterocycles. The zero-order valence-corrected chi connectivity index (χ0v) is 14.0. The molecule has 2 aliphatic heterocycles. The van der Waals surface area contributed by atoms with Crippen LogP contribution in [0.5, 0.6) is 0 Å². The fourth-order valence-corrected chi connectivity index (χ4v) is 2.82. The molecule has 2 N–H and O–H groups in total. The van der Waals surface area contributed by atoms with Gasteiger partial charge in [0.1, 0.15) is 6.61 Å². The van der Waals surface area contributed by atoms with Crippen LogP contribution in [-0.4, -0.2) is 32.5 Å². The van der Waals surface area contributed by atoms with E-state index in [-0.39, 0.29) is 6.10 Å². The summed E-state index contributed by atoms with van der Waals surface area (Å²) in [6.07, 6.45) is 11.4. The summed E-state index contributed by atoms with van der Waals surface area (Å²) in [4.78, 5) is 0. The summed E-state index contributed by atoms with van der Waals surface area (Å²) in [7, 11) is 0. The van der Waals surface area contributed by atoms with Crippen LogP contribution in [0.2, 0.25) is 0 Å². The molecule has 0 aromatic carbocycles. The SMILES string of the molecule is C1=CC2=C(CC1)OCC(OCC1CCOC1)C2.C=CCC(=C)N. The number of allylic oxidation sites excluding steroid dienone is 4. The van der Waals surface area contributed by atoms with Crippen molar-refractivity contribution in [2.75, 3.05) is 26.4 Å². The third-order valence-electron chi connectivity index (χ3n) is 4.10. The maximum atomic E-state index is 5.94. The van der Waals surface area contributed by atoms with Crippen molar-refractivity contribution < 1.29 is 14.2 Å². The Labute approximate surface area is 139 Å². The molecular formula is C19H29NO3. The van der Waals surface area contributed by atoms with Crippen molar-refractivity contribution in [2.45, 2.75) is 38.2 Å². The van der Waals surface area contributed by atoms with Crippen molar-refractivity contribution in [1.29, 1.82) is 0 Å². The van der Waals surface area contributed by atoms with Crippen LogP contribution in [0.3, 0.4) is 0 Å². The quantitative estimate of drug-likeness (QED) is 0.788. The van der Waals surface area contributed by atoms with Gasteiger partial charge < -0.3 is 19.9 Å². The summed E-state index contributed by atoms with van der Waals surface area (Å²) in [5.41, 5.74) is 7.15. The van der Waals surface area contributed by atoms with Crippen molar-refractivity contribution in [3.05, 3.63) is 48.4 Å². The van der Waals surface area contributed by atoms with Crippen molar-refractivity contribution in [2.24, 2.45) is 11.7 Å². The van der Waals surface area contributed by atoms with E-state index in [0.717, 1.165) is 58.5 Å². The van der Waals surface area contributed by atoms with Crippen LogP contribution < -0.4 is 5.73 Å². The van der Waals surface area contributed by atoms with Crippen LogP contribution in [0, 0.1) is 5.92 Å². The molecule has 3 rings (SSSR count). The number of ether oxygens (including phenoxy) is 3. The average Bonchev–Trinajstić information content (AvgIpc) is 3.07. The van der Waals surface area contributed by atoms with Gasteiger partial charge in [0.25, 0.3) is 0 Å². The van der Waals surface area contributed by atoms with Crippen LogP contribution in [0.1, 0.15) is 32.1 Å². The van der Waals surface area contributed by atoms with Gasteiger partial charge in [-0.25, -0.2) is 0 Å². The first-order chi connectivity index (χ1) is 11.2. The zero-order chi connectivity index (χ0) is 16.5. The van der Waals surface area contributed by atoms with E-state index in [0.29, 0.717) is 11.6 Å². The predicted molar refractivity (Wildman–Crippen MR) is 92.8 cm³/mol. The highest BCUT2D eigenvalue weighted by molar-refractivity contribution is 5.28. The van der Waals surface area contributed by atoms with E-state index in [4.69, 9.17) is 19.9 Å². The Kier molecular flexibility index (Phi) is 7.43. The number of rotatable bonds is 5. The summed E-state index contributed by atoms with van der Waals surface area (Å²) in [5.74, 6) is 1.78. The lowest BCUT2D eigenvalue weighted by atomic mass is 9.97. The number of nitrogens with two attached hydrogens (primary N) is 1. The molecule has 128 valence electrons. The van der Waals surface area contributed by atoms with Gasteiger partial charge in [0.05, 0.1) is 25.1 Å². The van der Waals surface area contributed by atoms with Gasteiger partial charge in [-0.3, -0.25) is 0 Å².